The number of carbonyl (C=O) groups is 3. The van der Waals surface area contributed by atoms with Gasteiger partial charge in [-0.1, -0.05) is 82.7 Å². The van der Waals surface area contributed by atoms with Gasteiger partial charge in [0.15, 0.2) is 11.6 Å². The van der Waals surface area contributed by atoms with Crippen molar-refractivity contribution in [2.45, 2.75) is 17.5 Å². The SMILES string of the molecule is COc1cccc(C(=O)[C@@H]2[C@H](C(=O)c3ccc(Br)cc3)[C@@]3(C(=O)Nc4ccccc43)[C@H]3c4ccccc4C=CN23)c1. The van der Waals surface area contributed by atoms with E-state index in [0.717, 1.165) is 21.2 Å². The number of nitrogens with zero attached hydrogens (tertiary/aromatic N) is 1. The van der Waals surface area contributed by atoms with Crippen molar-refractivity contribution in [3.63, 3.8) is 0 Å². The molecule has 1 N–H and O–H groups in total. The molecule has 1 fully saturated rings. The van der Waals surface area contributed by atoms with Crippen LogP contribution in [0.25, 0.3) is 6.08 Å². The molecule has 4 atom stereocenters. The van der Waals surface area contributed by atoms with Crippen LogP contribution >= 0.6 is 15.9 Å². The first-order chi connectivity index (χ1) is 19.9. The Morgan fingerprint density at radius 1 is 0.878 bits per heavy atom. The maximum Gasteiger partial charge on any atom is 0.238 e. The van der Waals surface area contributed by atoms with Crippen LogP contribution in [0.1, 0.15) is 43.4 Å². The molecule has 0 aliphatic carbocycles. The van der Waals surface area contributed by atoms with Gasteiger partial charge in [-0.05, 0) is 53.1 Å². The zero-order valence-electron chi connectivity index (χ0n) is 22.1. The van der Waals surface area contributed by atoms with Crippen molar-refractivity contribution in [2.75, 3.05) is 12.4 Å². The van der Waals surface area contributed by atoms with Gasteiger partial charge in [0.1, 0.15) is 17.2 Å². The second-order valence-electron chi connectivity index (χ2n) is 10.6. The van der Waals surface area contributed by atoms with E-state index < -0.39 is 23.4 Å². The molecular weight excluding hydrogens is 580 g/mol. The molecule has 1 saturated heterocycles. The molecule has 1 spiro atoms. The maximum absolute atomic E-state index is 14.8. The fraction of sp³-hybridized carbons (Fsp3) is 0.147. The molecule has 3 aliphatic rings. The summed E-state index contributed by atoms with van der Waals surface area (Å²) in [7, 11) is 1.55. The highest BCUT2D eigenvalue weighted by Crippen LogP contribution is 2.62. The third-order valence-corrected chi connectivity index (χ3v) is 9.13. The Morgan fingerprint density at radius 3 is 2.44 bits per heavy atom. The number of amides is 1. The van der Waals surface area contributed by atoms with Gasteiger partial charge < -0.3 is 15.0 Å². The topological polar surface area (TPSA) is 75.7 Å². The smallest absolute Gasteiger partial charge is 0.238 e. The molecule has 4 aromatic carbocycles. The normalized spacial score (nSPS) is 23.5. The third-order valence-electron chi connectivity index (χ3n) is 8.60. The molecule has 202 valence electrons. The van der Waals surface area contributed by atoms with Crippen molar-refractivity contribution >= 4 is 45.2 Å². The summed E-state index contributed by atoms with van der Waals surface area (Å²) in [6, 6.07) is 27.9. The van der Waals surface area contributed by atoms with Crippen LogP contribution in [-0.4, -0.2) is 35.5 Å². The lowest BCUT2D eigenvalue weighted by Gasteiger charge is -2.38. The fourth-order valence-corrected chi connectivity index (χ4v) is 7.17. The minimum atomic E-state index is -1.36. The molecule has 6 nitrogen and oxygen atoms in total. The van der Waals surface area contributed by atoms with Crippen LogP contribution in [0.3, 0.4) is 0 Å². The van der Waals surface area contributed by atoms with Gasteiger partial charge in [0, 0.05) is 27.5 Å². The summed E-state index contributed by atoms with van der Waals surface area (Å²) < 4.78 is 6.25. The Labute approximate surface area is 245 Å². The molecule has 0 aromatic heterocycles. The monoisotopic (exact) mass is 604 g/mol. The number of ether oxygens (including phenoxy) is 1. The van der Waals surface area contributed by atoms with Crippen molar-refractivity contribution < 1.29 is 19.1 Å². The average molecular weight is 605 g/mol. The molecule has 0 bridgehead atoms. The van der Waals surface area contributed by atoms with Gasteiger partial charge in [-0.3, -0.25) is 14.4 Å². The van der Waals surface area contributed by atoms with Crippen molar-refractivity contribution in [3.05, 3.63) is 136 Å². The summed E-state index contributed by atoms with van der Waals surface area (Å²) in [5, 5.41) is 3.08. The van der Waals surface area contributed by atoms with E-state index in [-0.39, 0.29) is 17.5 Å². The zero-order valence-corrected chi connectivity index (χ0v) is 23.7. The number of benzene rings is 4. The predicted molar refractivity (Wildman–Crippen MR) is 160 cm³/mol. The Kier molecular flexibility index (Phi) is 5.94. The quantitative estimate of drug-likeness (QED) is 0.265. The Morgan fingerprint density at radius 2 is 1.63 bits per heavy atom. The van der Waals surface area contributed by atoms with E-state index in [1.165, 1.54) is 0 Å². The highest BCUT2D eigenvalue weighted by Gasteiger charge is 2.70. The van der Waals surface area contributed by atoms with Crippen LogP contribution in [0.2, 0.25) is 0 Å². The summed E-state index contributed by atoms with van der Waals surface area (Å²) >= 11 is 3.46. The van der Waals surface area contributed by atoms with Crippen LogP contribution in [-0.2, 0) is 10.2 Å². The van der Waals surface area contributed by atoms with Gasteiger partial charge in [0.05, 0.1) is 19.1 Å². The Hall–Kier alpha value is -4.49. The van der Waals surface area contributed by atoms with Gasteiger partial charge in [-0.25, -0.2) is 0 Å². The molecule has 3 aliphatic heterocycles. The number of Topliss-reactive ketones (excluding diaryl/α,β-unsaturated/α-hetero) is 2. The van der Waals surface area contributed by atoms with Gasteiger partial charge in [0.2, 0.25) is 5.91 Å². The van der Waals surface area contributed by atoms with E-state index in [4.69, 9.17) is 4.74 Å². The lowest BCUT2D eigenvalue weighted by molar-refractivity contribution is -0.122. The minimum Gasteiger partial charge on any atom is -0.497 e. The second kappa shape index (κ2) is 9.56. The van der Waals surface area contributed by atoms with Crippen LogP contribution in [0.15, 0.2) is 108 Å². The number of para-hydroxylation sites is 1. The summed E-state index contributed by atoms with van der Waals surface area (Å²) in [6.07, 6.45) is 3.83. The Balaban J connectivity index is 1.53. The van der Waals surface area contributed by atoms with Crippen LogP contribution in [0.5, 0.6) is 5.75 Å². The van der Waals surface area contributed by atoms with Gasteiger partial charge >= 0.3 is 0 Å². The predicted octanol–water partition coefficient (Wildman–Crippen LogP) is 6.44. The average Bonchev–Trinajstić information content (AvgIpc) is 3.49. The summed E-state index contributed by atoms with van der Waals surface area (Å²) in [5.74, 6) is -1.27. The van der Waals surface area contributed by atoms with Crippen LogP contribution < -0.4 is 10.1 Å². The molecule has 0 radical (unpaired) electrons. The van der Waals surface area contributed by atoms with Crippen LogP contribution in [0.4, 0.5) is 5.69 Å². The van der Waals surface area contributed by atoms with Crippen molar-refractivity contribution in [1.29, 1.82) is 0 Å². The number of carbonyl (C=O) groups excluding carboxylic acids is 3. The van der Waals surface area contributed by atoms with Crippen molar-refractivity contribution in [3.8, 4) is 5.75 Å². The van der Waals surface area contributed by atoms with Crippen molar-refractivity contribution in [2.24, 2.45) is 5.92 Å². The molecule has 7 rings (SSSR count). The third kappa shape index (κ3) is 3.65. The molecule has 0 saturated carbocycles. The first-order valence-electron chi connectivity index (χ1n) is 13.4. The maximum atomic E-state index is 14.8. The molecule has 3 heterocycles. The fourth-order valence-electron chi connectivity index (χ4n) is 6.91. The van der Waals surface area contributed by atoms with E-state index in [9.17, 15) is 14.4 Å². The molecule has 0 unspecified atom stereocenters. The highest BCUT2D eigenvalue weighted by atomic mass is 79.9. The second-order valence-corrected chi connectivity index (χ2v) is 11.5. The molecule has 4 aromatic rings. The van der Waals surface area contributed by atoms with Gasteiger partial charge in [0.25, 0.3) is 0 Å². The minimum absolute atomic E-state index is 0.248. The number of ketones is 2. The lowest BCUT2D eigenvalue weighted by atomic mass is 9.62. The Bertz CT molecular complexity index is 1760. The number of halogens is 1. The summed E-state index contributed by atoms with van der Waals surface area (Å²) in [4.78, 5) is 45.8. The van der Waals surface area contributed by atoms with E-state index in [2.05, 4.69) is 21.2 Å². The van der Waals surface area contributed by atoms with Crippen molar-refractivity contribution in [1.82, 2.24) is 4.90 Å². The first-order valence-corrected chi connectivity index (χ1v) is 14.2. The van der Waals surface area contributed by atoms with Gasteiger partial charge in [-0.2, -0.15) is 0 Å². The number of nitrogens with one attached hydrogen (secondary N) is 1. The van der Waals surface area contributed by atoms with Crippen LogP contribution in [0, 0.1) is 5.92 Å². The molecular formula is C34H25BrN2O4. The largest absolute Gasteiger partial charge is 0.497 e. The summed E-state index contributed by atoms with van der Waals surface area (Å²) in [5.41, 5.74) is 2.73. The van der Waals surface area contributed by atoms with E-state index in [1.54, 1.807) is 55.6 Å². The summed E-state index contributed by atoms with van der Waals surface area (Å²) in [6.45, 7) is 0. The van der Waals surface area contributed by atoms with E-state index in [1.807, 2.05) is 65.7 Å². The lowest BCUT2D eigenvalue weighted by Crippen LogP contribution is -2.49. The van der Waals surface area contributed by atoms with Gasteiger partial charge in [-0.15, -0.1) is 0 Å². The molecule has 7 heteroatoms. The first kappa shape index (κ1) is 25.5. The van der Waals surface area contributed by atoms with E-state index >= 15 is 0 Å². The zero-order chi connectivity index (χ0) is 28.3. The molecule has 41 heavy (non-hydrogen) atoms. The highest BCUT2D eigenvalue weighted by molar-refractivity contribution is 9.10. The molecule has 1 amide bonds. The van der Waals surface area contributed by atoms with E-state index in [0.29, 0.717) is 22.6 Å². The standard InChI is InChI=1S/C34H25BrN2O4/c1-41-24-9-6-8-22(19-24)31(39)29-28(30(38)21-13-15-23(35)16-14-21)34(26-11-4-5-12-27(26)36-33(34)40)32-25-10-3-2-7-20(25)17-18-37(29)32/h2-19,28-29,32H,1H3,(H,36,40)/t28-,29+,32-,34-/m1/s1. The number of methoxy groups -OCH3 is 1. The number of hydrogen-bond donors (Lipinski definition) is 1. The number of anilines is 1. The number of fused-ring (bicyclic) bond motifs is 6. The number of rotatable bonds is 5. The number of hydrogen-bond acceptors (Lipinski definition) is 5.